The Balaban J connectivity index is 2.54. The van der Waals surface area contributed by atoms with E-state index >= 15 is 0 Å². The van der Waals surface area contributed by atoms with Crippen molar-refractivity contribution in [1.29, 1.82) is 0 Å². The van der Waals surface area contributed by atoms with Crippen molar-refractivity contribution in [2.45, 2.75) is 20.3 Å². The minimum Gasteiger partial charge on any atom is -0.497 e. The highest BCUT2D eigenvalue weighted by atomic mass is 16.5. The molecule has 5 heteroatoms. The van der Waals surface area contributed by atoms with E-state index in [2.05, 4.69) is 4.98 Å². The number of aryl methyl sites for hydroxylation is 1. The fourth-order valence-electron chi connectivity index (χ4n) is 2.17. The first-order valence-corrected chi connectivity index (χ1v) is 6.42. The number of aromatic nitrogens is 1. The quantitative estimate of drug-likeness (QED) is 0.866. The van der Waals surface area contributed by atoms with Gasteiger partial charge in [-0.25, -0.2) is 0 Å². The Morgan fingerprint density at radius 3 is 2.75 bits per heavy atom. The first kappa shape index (κ1) is 14.1. The van der Waals surface area contributed by atoms with Gasteiger partial charge in [-0.15, -0.1) is 0 Å². The summed E-state index contributed by atoms with van der Waals surface area (Å²) in [5.74, 6) is 0.304. The molecular weight excluding hydrogens is 258 g/mol. The maximum Gasteiger partial charge on any atom is 0.310 e. The normalized spacial score (nSPS) is 10.6. The van der Waals surface area contributed by atoms with Gasteiger partial charge < -0.3 is 14.5 Å². The number of nitrogens with one attached hydrogen (secondary N) is 1. The van der Waals surface area contributed by atoms with Crippen molar-refractivity contribution >= 4 is 16.9 Å². The van der Waals surface area contributed by atoms with E-state index in [9.17, 15) is 9.59 Å². The van der Waals surface area contributed by atoms with E-state index in [4.69, 9.17) is 9.47 Å². The van der Waals surface area contributed by atoms with Crippen LogP contribution in [0.5, 0.6) is 5.75 Å². The molecule has 0 spiro atoms. The molecule has 1 aromatic carbocycles. The van der Waals surface area contributed by atoms with Gasteiger partial charge >= 0.3 is 5.97 Å². The summed E-state index contributed by atoms with van der Waals surface area (Å²) in [6.45, 7) is 3.86. The molecule has 0 bridgehead atoms. The van der Waals surface area contributed by atoms with Crippen LogP contribution in [-0.2, 0) is 16.0 Å². The number of esters is 1. The fourth-order valence-corrected chi connectivity index (χ4v) is 2.17. The van der Waals surface area contributed by atoms with Crippen LogP contribution in [-0.4, -0.2) is 24.7 Å². The van der Waals surface area contributed by atoms with Gasteiger partial charge in [0.15, 0.2) is 0 Å². The van der Waals surface area contributed by atoms with E-state index in [-0.39, 0.29) is 12.0 Å². The standard InChI is InChI=1S/C15H17NO4/c1-4-20-14(17)8-12-9(2)11-7-10(19-3)5-6-13(11)16-15(12)18/h5-7H,4,8H2,1-3H3,(H,16,18). The first-order valence-electron chi connectivity index (χ1n) is 6.42. The number of benzene rings is 1. The number of aromatic amines is 1. The predicted octanol–water partition coefficient (Wildman–Crippen LogP) is 1.95. The van der Waals surface area contributed by atoms with Crippen molar-refractivity contribution in [3.63, 3.8) is 0 Å². The Bertz CT molecular complexity index is 703. The van der Waals surface area contributed by atoms with E-state index in [1.807, 2.05) is 13.0 Å². The average Bonchev–Trinajstić information content (AvgIpc) is 2.43. The number of rotatable bonds is 4. The first-order chi connectivity index (χ1) is 9.56. The fraction of sp³-hybridized carbons (Fsp3) is 0.333. The van der Waals surface area contributed by atoms with E-state index in [1.165, 1.54) is 0 Å². The SMILES string of the molecule is CCOC(=O)Cc1c(C)c2cc(OC)ccc2[nH]c1=O. The minimum atomic E-state index is -0.400. The maximum absolute atomic E-state index is 12.1. The van der Waals surface area contributed by atoms with Gasteiger partial charge in [-0.3, -0.25) is 9.59 Å². The van der Waals surface area contributed by atoms with Crippen molar-refractivity contribution in [3.8, 4) is 5.75 Å². The second-order valence-electron chi connectivity index (χ2n) is 4.45. The third-order valence-corrected chi connectivity index (χ3v) is 3.23. The summed E-state index contributed by atoms with van der Waals surface area (Å²) < 4.78 is 10.1. The Hall–Kier alpha value is -2.30. The number of fused-ring (bicyclic) bond motifs is 1. The number of hydrogen-bond acceptors (Lipinski definition) is 4. The molecule has 0 radical (unpaired) electrons. The summed E-state index contributed by atoms with van der Waals surface area (Å²) in [5.41, 5.74) is 1.68. The number of ether oxygens (including phenoxy) is 2. The van der Waals surface area contributed by atoms with Gasteiger partial charge in [-0.1, -0.05) is 0 Å². The highest BCUT2D eigenvalue weighted by Gasteiger charge is 2.14. The monoisotopic (exact) mass is 275 g/mol. The maximum atomic E-state index is 12.1. The summed E-state index contributed by atoms with van der Waals surface area (Å²) >= 11 is 0. The second kappa shape index (κ2) is 5.77. The van der Waals surface area contributed by atoms with Crippen LogP contribution in [0.25, 0.3) is 10.9 Å². The zero-order chi connectivity index (χ0) is 14.7. The van der Waals surface area contributed by atoms with Crippen LogP contribution in [0.2, 0.25) is 0 Å². The topological polar surface area (TPSA) is 68.4 Å². The summed E-state index contributed by atoms with van der Waals surface area (Å²) in [6, 6.07) is 5.41. The van der Waals surface area contributed by atoms with Crippen LogP contribution in [0.3, 0.4) is 0 Å². The molecule has 0 saturated heterocycles. The van der Waals surface area contributed by atoms with Gasteiger partial charge in [0.2, 0.25) is 0 Å². The van der Waals surface area contributed by atoms with Gasteiger partial charge in [0.05, 0.1) is 20.1 Å². The van der Waals surface area contributed by atoms with E-state index < -0.39 is 5.97 Å². The van der Waals surface area contributed by atoms with Crippen molar-refractivity contribution in [2.24, 2.45) is 0 Å². The Morgan fingerprint density at radius 1 is 1.35 bits per heavy atom. The number of hydrogen-bond donors (Lipinski definition) is 1. The predicted molar refractivity (Wildman–Crippen MR) is 76.2 cm³/mol. The average molecular weight is 275 g/mol. The third-order valence-electron chi connectivity index (χ3n) is 3.23. The number of pyridine rings is 1. The minimum absolute atomic E-state index is 0.0256. The van der Waals surface area contributed by atoms with Crippen molar-refractivity contribution in [3.05, 3.63) is 39.7 Å². The van der Waals surface area contributed by atoms with Crippen LogP contribution < -0.4 is 10.3 Å². The van der Waals surface area contributed by atoms with Crippen molar-refractivity contribution in [2.75, 3.05) is 13.7 Å². The molecule has 0 saturated carbocycles. The second-order valence-corrected chi connectivity index (χ2v) is 4.45. The summed E-state index contributed by atoms with van der Waals surface area (Å²) in [6.07, 6.45) is -0.0256. The van der Waals surface area contributed by atoms with Gasteiger partial charge in [0, 0.05) is 16.5 Å². The van der Waals surface area contributed by atoms with Crippen LogP contribution in [0.15, 0.2) is 23.0 Å². The molecule has 2 rings (SSSR count). The molecule has 0 aliphatic rings. The van der Waals surface area contributed by atoms with E-state index in [0.717, 1.165) is 16.5 Å². The van der Waals surface area contributed by atoms with Crippen molar-refractivity contribution < 1.29 is 14.3 Å². The Labute approximate surface area is 116 Å². The van der Waals surface area contributed by atoms with Gasteiger partial charge in [-0.05, 0) is 37.6 Å². The lowest BCUT2D eigenvalue weighted by atomic mass is 10.0. The summed E-state index contributed by atoms with van der Waals surface area (Å²) in [5, 5.41) is 0.864. The molecule has 5 nitrogen and oxygen atoms in total. The largest absolute Gasteiger partial charge is 0.497 e. The molecular formula is C15H17NO4. The Morgan fingerprint density at radius 2 is 2.10 bits per heavy atom. The van der Waals surface area contributed by atoms with Crippen LogP contribution in [0.1, 0.15) is 18.1 Å². The van der Waals surface area contributed by atoms with Crippen LogP contribution in [0, 0.1) is 6.92 Å². The van der Waals surface area contributed by atoms with E-state index in [0.29, 0.717) is 17.9 Å². The molecule has 0 amide bonds. The molecule has 106 valence electrons. The molecule has 2 aromatic rings. The molecule has 0 unspecified atom stereocenters. The van der Waals surface area contributed by atoms with Crippen molar-refractivity contribution in [1.82, 2.24) is 4.98 Å². The van der Waals surface area contributed by atoms with Crippen LogP contribution in [0.4, 0.5) is 0 Å². The number of H-pyrrole nitrogens is 1. The Kier molecular flexibility index (Phi) is 4.08. The lowest BCUT2D eigenvalue weighted by Gasteiger charge is -2.09. The summed E-state index contributed by atoms with van der Waals surface area (Å²) in [4.78, 5) is 26.4. The molecule has 20 heavy (non-hydrogen) atoms. The zero-order valence-electron chi connectivity index (χ0n) is 11.8. The molecule has 1 heterocycles. The molecule has 1 aromatic heterocycles. The molecule has 1 N–H and O–H groups in total. The van der Waals surface area contributed by atoms with Crippen LogP contribution >= 0.6 is 0 Å². The lowest BCUT2D eigenvalue weighted by Crippen LogP contribution is -2.20. The molecule has 0 aliphatic carbocycles. The highest BCUT2D eigenvalue weighted by Crippen LogP contribution is 2.23. The smallest absolute Gasteiger partial charge is 0.310 e. The molecule has 0 aliphatic heterocycles. The zero-order valence-corrected chi connectivity index (χ0v) is 11.8. The van der Waals surface area contributed by atoms with Gasteiger partial charge in [0.25, 0.3) is 5.56 Å². The number of methoxy groups -OCH3 is 1. The number of carbonyl (C=O) groups is 1. The van der Waals surface area contributed by atoms with Gasteiger partial charge in [0.1, 0.15) is 5.75 Å². The molecule has 0 fully saturated rings. The van der Waals surface area contributed by atoms with Gasteiger partial charge in [-0.2, -0.15) is 0 Å². The highest BCUT2D eigenvalue weighted by molar-refractivity contribution is 5.85. The lowest BCUT2D eigenvalue weighted by molar-refractivity contribution is -0.142. The third kappa shape index (κ3) is 2.66. The summed E-state index contributed by atoms with van der Waals surface area (Å²) in [7, 11) is 1.59. The number of carbonyl (C=O) groups excluding carboxylic acids is 1. The molecule has 0 atom stereocenters. The van der Waals surface area contributed by atoms with E-state index in [1.54, 1.807) is 26.2 Å².